The van der Waals surface area contributed by atoms with E-state index < -0.39 is 38.9 Å². The van der Waals surface area contributed by atoms with Gasteiger partial charge in [-0.15, -0.1) is 0 Å². The van der Waals surface area contributed by atoms with Gasteiger partial charge in [-0.2, -0.15) is 0 Å². The summed E-state index contributed by atoms with van der Waals surface area (Å²) < 4.78 is 29.2. The maximum Gasteiger partial charge on any atom is 0.629 e. The molecular weight excluding hydrogens is 541 g/mol. The van der Waals surface area contributed by atoms with Crippen LogP contribution in [-0.2, 0) is 37.6 Å². The van der Waals surface area contributed by atoms with Gasteiger partial charge in [0.25, 0.3) is 0 Å². The first-order chi connectivity index (χ1) is 18.8. The number of rotatable bonds is 6. The molecule has 11 heteroatoms. The number of likely N-dealkylation sites (N-methyl/N-ethyl adjacent to an activating group) is 1. The van der Waals surface area contributed by atoms with Gasteiger partial charge in [0.05, 0.1) is 18.7 Å². The topological polar surface area (TPSA) is 104 Å². The Morgan fingerprint density at radius 1 is 1.10 bits per heavy atom. The maximum absolute atomic E-state index is 12.7. The SMILES string of the molecule is CC(/C=C1C=C(/C=C/[C@@]23O[C@]2(C)C[C@@H](O[Si](C)(C)C(C)(C)C)CC3(C)C)C(=O)O/1)=C\B1OC(=O)CN(C)CC(=O)O1. The van der Waals surface area contributed by atoms with Crippen molar-refractivity contribution < 1.29 is 37.6 Å². The standard InChI is InChI=1S/C30H44BNO8Si/c1-20(17-31-37-24(33)18-32(8)19-25(34)38-31)13-22-14-21(26(35)36-22)11-12-30-28(5,6)15-23(16-29(30,7)40-30)39-41(9,10)27(2,3)4/h11-14,17,23H,15-16,18-19H2,1-10H3/b12-11+,20-17+,22-13-/t23-,29+,30-/m0/s1. The van der Waals surface area contributed by atoms with Gasteiger partial charge in [-0.05, 0) is 75.7 Å². The van der Waals surface area contributed by atoms with E-state index in [4.69, 9.17) is 23.2 Å². The summed E-state index contributed by atoms with van der Waals surface area (Å²) in [5, 5.41) is 0.131. The van der Waals surface area contributed by atoms with Gasteiger partial charge in [-0.1, -0.05) is 40.2 Å². The average molecular weight is 586 g/mol. The minimum atomic E-state index is -1.93. The number of nitrogens with zero attached hydrogens (tertiary/aromatic N) is 1. The highest BCUT2D eigenvalue weighted by atomic mass is 28.4. The van der Waals surface area contributed by atoms with Crippen LogP contribution in [0, 0.1) is 5.41 Å². The molecule has 224 valence electrons. The molecule has 0 N–H and O–H groups in total. The Balaban J connectivity index is 1.47. The Labute approximate surface area is 245 Å². The fourth-order valence-electron chi connectivity index (χ4n) is 5.93. The van der Waals surface area contributed by atoms with E-state index in [1.54, 1.807) is 32.2 Å². The fraction of sp³-hybridized carbons (Fsp3) is 0.633. The van der Waals surface area contributed by atoms with Crippen LogP contribution in [0.2, 0.25) is 18.1 Å². The molecular formula is C30H44BNO8Si. The van der Waals surface area contributed by atoms with E-state index in [-0.39, 0.29) is 35.2 Å². The van der Waals surface area contributed by atoms with Gasteiger partial charge in [-0.3, -0.25) is 14.5 Å². The smallest absolute Gasteiger partial charge is 0.495 e. The molecule has 9 nitrogen and oxygen atoms in total. The third kappa shape index (κ3) is 6.48. The summed E-state index contributed by atoms with van der Waals surface area (Å²) in [5.74, 6) is 0.379. The van der Waals surface area contributed by atoms with Gasteiger partial charge in [0.15, 0.2) is 8.32 Å². The number of esters is 1. The Kier molecular flexibility index (Phi) is 8.19. The van der Waals surface area contributed by atoms with E-state index in [0.717, 1.165) is 12.8 Å². The highest BCUT2D eigenvalue weighted by molar-refractivity contribution is 6.74. The molecule has 3 heterocycles. The monoisotopic (exact) mass is 585 g/mol. The van der Waals surface area contributed by atoms with E-state index >= 15 is 0 Å². The molecule has 2 saturated heterocycles. The van der Waals surface area contributed by atoms with Crippen LogP contribution in [0.15, 0.2) is 47.2 Å². The number of fused-ring (bicyclic) bond motifs is 1. The number of carbonyl (C=O) groups is 3. The van der Waals surface area contributed by atoms with Crippen molar-refractivity contribution in [3.8, 4) is 0 Å². The quantitative estimate of drug-likeness (QED) is 0.250. The molecule has 3 atom stereocenters. The highest BCUT2D eigenvalue weighted by Crippen LogP contribution is 2.66. The minimum Gasteiger partial charge on any atom is -0.495 e. The second kappa shape index (κ2) is 10.7. The summed E-state index contributed by atoms with van der Waals surface area (Å²) in [6.45, 7) is 19.6. The van der Waals surface area contributed by atoms with Crippen molar-refractivity contribution >= 4 is 33.3 Å². The molecule has 0 bridgehead atoms. The first-order valence-electron chi connectivity index (χ1n) is 14.2. The summed E-state index contributed by atoms with van der Waals surface area (Å²) in [4.78, 5) is 38.2. The lowest BCUT2D eigenvalue weighted by Crippen LogP contribution is -2.51. The number of allylic oxidation sites excluding steroid dienone is 3. The number of carbonyl (C=O) groups excluding carboxylic acids is 3. The molecule has 3 aliphatic heterocycles. The van der Waals surface area contributed by atoms with Crippen molar-refractivity contribution in [2.75, 3.05) is 20.1 Å². The summed E-state index contributed by atoms with van der Waals surface area (Å²) in [6.07, 6.45) is 8.89. The number of epoxide rings is 1. The van der Waals surface area contributed by atoms with Gasteiger partial charge < -0.3 is 23.2 Å². The zero-order valence-electron chi connectivity index (χ0n) is 26.1. The second-order valence-electron chi connectivity index (χ2n) is 14.2. The molecule has 0 amide bonds. The average Bonchev–Trinajstić information content (AvgIpc) is 3.24. The van der Waals surface area contributed by atoms with Crippen molar-refractivity contribution in [1.82, 2.24) is 4.90 Å². The van der Waals surface area contributed by atoms with E-state index in [1.807, 2.05) is 6.08 Å². The van der Waals surface area contributed by atoms with Crippen molar-refractivity contribution in [2.24, 2.45) is 5.41 Å². The van der Waals surface area contributed by atoms with E-state index in [1.165, 1.54) is 10.9 Å². The predicted octanol–water partition coefficient (Wildman–Crippen LogP) is 4.65. The number of ether oxygens (including phenoxy) is 2. The number of hydrogen-bond acceptors (Lipinski definition) is 9. The third-order valence-electron chi connectivity index (χ3n) is 9.06. The molecule has 41 heavy (non-hydrogen) atoms. The largest absolute Gasteiger partial charge is 0.629 e. The molecule has 4 aliphatic rings. The summed E-state index contributed by atoms with van der Waals surface area (Å²) in [6, 6.07) is 0. The molecule has 0 spiro atoms. The van der Waals surface area contributed by atoms with Crippen LogP contribution in [0.25, 0.3) is 0 Å². The van der Waals surface area contributed by atoms with Crippen LogP contribution in [0.3, 0.4) is 0 Å². The van der Waals surface area contributed by atoms with E-state index in [2.05, 4.69) is 54.6 Å². The zero-order chi connectivity index (χ0) is 30.6. The summed E-state index contributed by atoms with van der Waals surface area (Å²) in [7, 11) is -1.45. The maximum atomic E-state index is 12.7. The van der Waals surface area contributed by atoms with Gasteiger partial charge in [0.2, 0.25) is 0 Å². The molecule has 3 fully saturated rings. The summed E-state index contributed by atoms with van der Waals surface area (Å²) in [5.41, 5.74) is -0.0614. The molecule has 1 saturated carbocycles. The highest BCUT2D eigenvalue weighted by Gasteiger charge is 2.75. The number of cyclic esters (lactones) is 1. The zero-order valence-corrected chi connectivity index (χ0v) is 27.1. The molecule has 0 aromatic heterocycles. The van der Waals surface area contributed by atoms with Crippen LogP contribution < -0.4 is 0 Å². The van der Waals surface area contributed by atoms with Crippen molar-refractivity contribution in [3.05, 3.63) is 47.2 Å². The summed E-state index contributed by atoms with van der Waals surface area (Å²) >= 11 is 0. The lowest BCUT2D eigenvalue weighted by atomic mass is 9.63. The molecule has 4 rings (SSSR count). The predicted molar refractivity (Wildman–Crippen MR) is 158 cm³/mol. The fourth-order valence-corrected chi connectivity index (χ4v) is 7.28. The lowest BCUT2D eigenvalue weighted by Gasteiger charge is -2.45. The van der Waals surface area contributed by atoms with Crippen LogP contribution >= 0.6 is 0 Å². The molecule has 0 aromatic rings. The Hall–Kier alpha value is -2.47. The lowest BCUT2D eigenvalue weighted by molar-refractivity contribution is -0.145. The van der Waals surface area contributed by atoms with Crippen molar-refractivity contribution in [3.63, 3.8) is 0 Å². The molecule has 0 unspecified atom stereocenters. The number of hydrogen-bond donors (Lipinski definition) is 0. The molecule has 0 radical (unpaired) electrons. The van der Waals surface area contributed by atoms with Crippen LogP contribution in [0.5, 0.6) is 0 Å². The Morgan fingerprint density at radius 2 is 1.71 bits per heavy atom. The van der Waals surface area contributed by atoms with Gasteiger partial charge in [0.1, 0.15) is 17.0 Å². The second-order valence-corrected chi connectivity index (χ2v) is 18.9. The van der Waals surface area contributed by atoms with Crippen LogP contribution in [0.1, 0.15) is 61.3 Å². The first-order valence-corrected chi connectivity index (χ1v) is 17.2. The van der Waals surface area contributed by atoms with Gasteiger partial charge in [0, 0.05) is 17.9 Å². The van der Waals surface area contributed by atoms with Crippen LogP contribution in [-0.4, -0.2) is 75.7 Å². The minimum absolute atomic E-state index is 0.0129. The van der Waals surface area contributed by atoms with Gasteiger partial charge >= 0.3 is 25.0 Å². The van der Waals surface area contributed by atoms with Crippen molar-refractivity contribution in [2.45, 2.75) is 96.7 Å². The third-order valence-corrected chi connectivity index (χ3v) is 13.6. The van der Waals surface area contributed by atoms with E-state index in [0.29, 0.717) is 16.9 Å². The Morgan fingerprint density at radius 3 is 2.27 bits per heavy atom. The van der Waals surface area contributed by atoms with Gasteiger partial charge in [-0.25, -0.2) is 4.79 Å². The Bertz CT molecular complexity index is 1230. The molecule has 1 aliphatic carbocycles. The van der Waals surface area contributed by atoms with E-state index in [9.17, 15) is 14.4 Å². The molecule has 0 aromatic carbocycles. The van der Waals surface area contributed by atoms with Crippen molar-refractivity contribution in [1.29, 1.82) is 0 Å². The normalized spacial score (nSPS) is 32.2. The first kappa shape index (κ1) is 31.5. The van der Waals surface area contributed by atoms with Crippen LogP contribution in [0.4, 0.5) is 0 Å².